The van der Waals surface area contributed by atoms with Crippen molar-refractivity contribution in [2.24, 2.45) is 11.8 Å². The van der Waals surface area contributed by atoms with E-state index in [4.69, 9.17) is 11.6 Å². The number of carbonyl (C=O) groups is 1. The SMILES string of the molecule is CC1CCC(CNC(=O)c2cccc([N+](=O)[O-])c2Cl)CC1. The van der Waals surface area contributed by atoms with Crippen molar-refractivity contribution in [1.29, 1.82) is 0 Å². The van der Waals surface area contributed by atoms with Crippen LogP contribution in [0.2, 0.25) is 5.02 Å². The summed E-state index contributed by atoms with van der Waals surface area (Å²) in [5, 5.41) is 13.6. The maximum absolute atomic E-state index is 12.1. The van der Waals surface area contributed by atoms with Gasteiger partial charge in [-0.25, -0.2) is 0 Å². The lowest BCUT2D eigenvalue weighted by atomic mass is 9.83. The van der Waals surface area contributed by atoms with E-state index in [1.54, 1.807) is 0 Å². The number of nitro groups is 1. The van der Waals surface area contributed by atoms with Crippen molar-refractivity contribution in [1.82, 2.24) is 5.32 Å². The number of hydrogen-bond acceptors (Lipinski definition) is 3. The van der Waals surface area contributed by atoms with Gasteiger partial charge in [-0.2, -0.15) is 0 Å². The molecule has 21 heavy (non-hydrogen) atoms. The molecule has 0 aromatic heterocycles. The Bertz CT molecular complexity index is 540. The molecule has 0 heterocycles. The molecule has 1 saturated carbocycles. The summed E-state index contributed by atoms with van der Waals surface area (Å²) in [5.41, 5.74) is -0.0779. The minimum Gasteiger partial charge on any atom is -0.352 e. The van der Waals surface area contributed by atoms with Crippen molar-refractivity contribution in [3.63, 3.8) is 0 Å². The van der Waals surface area contributed by atoms with Crippen LogP contribution in [-0.2, 0) is 0 Å². The number of nitrogens with zero attached hydrogens (tertiary/aromatic N) is 1. The zero-order valence-corrected chi connectivity index (χ0v) is 12.7. The number of carbonyl (C=O) groups excluding carboxylic acids is 1. The Morgan fingerprint density at radius 2 is 2.05 bits per heavy atom. The number of rotatable bonds is 4. The minimum absolute atomic E-state index is 0.0998. The number of amides is 1. The number of halogens is 1. The second kappa shape index (κ2) is 6.89. The van der Waals surface area contributed by atoms with Gasteiger partial charge in [-0.15, -0.1) is 0 Å². The highest BCUT2D eigenvalue weighted by molar-refractivity contribution is 6.35. The van der Waals surface area contributed by atoms with Crippen LogP contribution in [0.1, 0.15) is 43.0 Å². The van der Waals surface area contributed by atoms with Crippen LogP contribution in [-0.4, -0.2) is 17.4 Å². The lowest BCUT2D eigenvalue weighted by Gasteiger charge is -2.26. The van der Waals surface area contributed by atoms with Gasteiger partial charge in [0.1, 0.15) is 5.02 Å². The van der Waals surface area contributed by atoms with Crippen LogP contribution >= 0.6 is 11.6 Å². The Hall–Kier alpha value is -1.62. The van der Waals surface area contributed by atoms with Crippen molar-refractivity contribution < 1.29 is 9.72 Å². The number of benzene rings is 1. The van der Waals surface area contributed by atoms with E-state index < -0.39 is 4.92 Å². The fraction of sp³-hybridized carbons (Fsp3) is 0.533. The smallest absolute Gasteiger partial charge is 0.288 e. The first-order valence-corrected chi connectivity index (χ1v) is 7.58. The predicted molar refractivity (Wildman–Crippen MR) is 81.6 cm³/mol. The fourth-order valence-electron chi connectivity index (χ4n) is 2.70. The summed E-state index contributed by atoms with van der Waals surface area (Å²) in [6, 6.07) is 4.27. The van der Waals surface area contributed by atoms with E-state index in [-0.39, 0.29) is 22.2 Å². The Balaban J connectivity index is 1.97. The minimum atomic E-state index is -0.582. The Morgan fingerprint density at radius 3 is 2.67 bits per heavy atom. The summed E-state index contributed by atoms with van der Waals surface area (Å²) >= 11 is 5.94. The van der Waals surface area contributed by atoms with Gasteiger partial charge in [0, 0.05) is 12.6 Å². The first-order chi connectivity index (χ1) is 9.99. The molecule has 114 valence electrons. The maximum Gasteiger partial charge on any atom is 0.288 e. The van der Waals surface area contributed by atoms with Crippen molar-refractivity contribution in [2.45, 2.75) is 32.6 Å². The first-order valence-electron chi connectivity index (χ1n) is 7.20. The molecule has 1 aromatic rings. The molecular weight excluding hydrogens is 292 g/mol. The molecule has 0 aliphatic heterocycles. The van der Waals surface area contributed by atoms with Gasteiger partial charge in [0.2, 0.25) is 0 Å². The average Bonchev–Trinajstić information content (AvgIpc) is 2.46. The van der Waals surface area contributed by atoms with Crippen LogP contribution in [0.5, 0.6) is 0 Å². The van der Waals surface area contributed by atoms with Crippen molar-refractivity contribution in [3.8, 4) is 0 Å². The van der Waals surface area contributed by atoms with Crippen LogP contribution in [0.4, 0.5) is 5.69 Å². The molecule has 6 heteroatoms. The average molecular weight is 311 g/mol. The molecule has 1 aliphatic rings. The van der Waals surface area contributed by atoms with E-state index in [1.807, 2.05) is 0 Å². The molecule has 0 radical (unpaired) electrons. The third-order valence-electron chi connectivity index (χ3n) is 4.11. The molecule has 1 amide bonds. The normalized spacial score (nSPS) is 21.8. The summed E-state index contributed by atoms with van der Waals surface area (Å²) in [5.74, 6) is 0.910. The van der Waals surface area contributed by atoms with E-state index in [0.717, 1.165) is 18.8 Å². The molecule has 2 rings (SSSR count). The fourth-order valence-corrected chi connectivity index (χ4v) is 2.98. The van der Waals surface area contributed by atoms with Gasteiger partial charge in [0.25, 0.3) is 11.6 Å². The Morgan fingerprint density at radius 1 is 1.38 bits per heavy atom. The lowest BCUT2D eigenvalue weighted by Crippen LogP contribution is -2.31. The second-order valence-electron chi connectivity index (χ2n) is 5.73. The molecular formula is C15H19ClN2O3. The van der Waals surface area contributed by atoms with Crippen LogP contribution < -0.4 is 5.32 Å². The Kier molecular flexibility index (Phi) is 5.17. The third-order valence-corrected chi connectivity index (χ3v) is 4.50. The molecule has 0 bridgehead atoms. The highest BCUT2D eigenvalue weighted by Crippen LogP contribution is 2.29. The number of nitrogens with one attached hydrogen (secondary N) is 1. The van der Waals surface area contributed by atoms with Crippen LogP contribution in [0.3, 0.4) is 0 Å². The molecule has 1 aliphatic carbocycles. The van der Waals surface area contributed by atoms with Gasteiger partial charge in [-0.05, 0) is 30.7 Å². The predicted octanol–water partition coefficient (Wildman–Crippen LogP) is 3.80. The molecule has 0 spiro atoms. The largest absolute Gasteiger partial charge is 0.352 e. The zero-order valence-electron chi connectivity index (χ0n) is 12.0. The van der Waals surface area contributed by atoms with E-state index >= 15 is 0 Å². The van der Waals surface area contributed by atoms with Crippen LogP contribution in [0.15, 0.2) is 18.2 Å². The third kappa shape index (κ3) is 3.94. The molecule has 0 atom stereocenters. The highest BCUT2D eigenvalue weighted by Gasteiger charge is 2.22. The summed E-state index contributed by atoms with van der Waals surface area (Å²) in [6.45, 7) is 2.85. The van der Waals surface area contributed by atoms with Crippen LogP contribution in [0.25, 0.3) is 0 Å². The highest BCUT2D eigenvalue weighted by atomic mass is 35.5. The topological polar surface area (TPSA) is 72.2 Å². The van der Waals surface area contributed by atoms with E-state index in [0.29, 0.717) is 12.5 Å². The number of hydrogen-bond donors (Lipinski definition) is 1. The van der Waals surface area contributed by atoms with E-state index in [2.05, 4.69) is 12.2 Å². The standard InChI is InChI=1S/C15H19ClN2O3/c1-10-5-7-11(8-6-10)9-17-15(19)12-3-2-4-13(14(12)16)18(20)21/h2-4,10-11H,5-9H2,1H3,(H,17,19). The first kappa shape index (κ1) is 15.8. The summed E-state index contributed by atoms with van der Waals surface area (Å²) in [7, 11) is 0. The zero-order chi connectivity index (χ0) is 15.4. The van der Waals surface area contributed by atoms with Gasteiger partial charge in [0.15, 0.2) is 0 Å². The van der Waals surface area contributed by atoms with E-state index in [1.165, 1.54) is 31.0 Å². The summed E-state index contributed by atoms with van der Waals surface area (Å²) < 4.78 is 0. The Labute approximate surface area is 128 Å². The molecule has 1 fully saturated rings. The van der Waals surface area contributed by atoms with Gasteiger partial charge in [0.05, 0.1) is 10.5 Å². The van der Waals surface area contributed by atoms with Gasteiger partial charge >= 0.3 is 0 Å². The molecule has 0 unspecified atom stereocenters. The van der Waals surface area contributed by atoms with Crippen molar-refractivity contribution >= 4 is 23.2 Å². The van der Waals surface area contributed by atoms with Gasteiger partial charge in [-0.3, -0.25) is 14.9 Å². The van der Waals surface area contributed by atoms with Gasteiger partial charge < -0.3 is 5.32 Å². The second-order valence-corrected chi connectivity index (χ2v) is 6.11. The van der Waals surface area contributed by atoms with Crippen molar-refractivity contribution in [3.05, 3.63) is 38.9 Å². The van der Waals surface area contributed by atoms with Gasteiger partial charge in [-0.1, -0.05) is 37.4 Å². The maximum atomic E-state index is 12.1. The summed E-state index contributed by atoms with van der Waals surface area (Å²) in [6.07, 6.45) is 4.62. The molecule has 0 saturated heterocycles. The summed E-state index contributed by atoms with van der Waals surface area (Å²) in [4.78, 5) is 22.4. The monoisotopic (exact) mass is 310 g/mol. The lowest BCUT2D eigenvalue weighted by molar-refractivity contribution is -0.384. The van der Waals surface area contributed by atoms with Crippen LogP contribution in [0, 0.1) is 22.0 Å². The van der Waals surface area contributed by atoms with E-state index in [9.17, 15) is 14.9 Å². The quantitative estimate of drug-likeness (QED) is 0.679. The molecule has 1 N–H and O–H groups in total. The molecule has 5 nitrogen and oxygen atoms in total. The molecule has 1 aromatic carbocycles. The number of nitro benzene ring substituents is 1. The van der Waals surface area contributed by atoms with Crippen molar-refractivity contribution in [2.75, 3.05) is 6.54 Å².